The number of nitrogens with zero attached hydrogens (tertiary/aromatic N) is 1. The Kier molecular flexibility index (Phi) is 4.84. The van der Waals surface area contributed by atoms with E-state index in [0.717, 1.165) is 18.6 Å². The maximum Gasteiger partial charge on any atom is 0.265 e. The zero-order valence-electron chi connectivity index (χ0n) is 15.5. The van der Waals surface area contributed by atoms with Crippen molar-refractivity contribution in [3.63, 3.8) is 0 Å². The molecule has 5 nitrogen and oxygen atoms in total. The lowest BCUT2D eigenvalue weighted by Crippen LogP contribution is -2.38. The van der Waals surface area contributed by atoms with Crippen molar-refractivity contribution < 1.29 is 19.1 Å². The molecule has 2 aromatic rings. The van der Waals surface area contributed by atoms with Crippen molar-refractivity contribution in [2.45, 2.75) is 32.6 Å². The number of Topliss-reactive ketones (excluding diaryl/α,β-unsaturated/α-hetero) is 1. The van der Waals surface area contributed by atoms with Gasteiger partial charge in [0.05, 0.1) is 5.69 Å². The fraction of sp³-hybridized carbons (Fsp3) is 0.364. The number of ketones is 1. The summed E-state index contributed by atoms with van der Waals surface area (Å²) in [6.45, 7) is 2.45. The molecule has 4 rings (SSSR count). The fourth-order valence-corrected chi connectivity index (χ4v) is 3.75. The van der Waals surface area contributed by atoms with Gasteiger partial charge in [0.2, 0.25) is 0 Å². The second-order valence-electron chi connectivity index (χ2n) is 6.96. The van der Waals surface area contributed by atoms with E-state index in [0.29, 0.717) is 23.5 Å². The van der Waals surface area contributed by atoms with Gasteiger partial charge in [-0.3, -0.25) is 9.59 Å². The van der Waals surface area contributed by atoms with Crippen molar-refractivity contribution in [1.29, 1.82) is 0 Å². The molecule has 0 fully saturated rings. The van der Waals surface area contributed by atoms with E-state index < -0.39 is 0 Å². The van der Waals surface area contributed by atoms with Crippen molar-refractivity contribution >= 4 is 17.4 Å². The molecule has 1 aliphatic carbocycles. The van der Waals surface area contributed by atoms with Gasteiger partial charge in [-0.25, -0.2) is 0 Å². The van der Waals surface area contributed by atoms with Crippen LogP contribution in [-0.2, 0) is 17.6 Å². The summed E-state index contributed by atoms with van der Waals surface area (Å²) in [7, 11) is 0. The normalized spacial score (nSPS) is 15.6. The number of hydrogen-bond donors (Lipinski definition) is 0. The molecule has 0 aromatic heterocycles. The number of benzene rings is 2. The summed E-state index contributed by atoms with van der Waals surface area (Å²) in [6, 6.07) is 11.3. The monoisotopic (exact) mass is 365 g/mol. The zero-order chi connectivity index (χ0) is 18.8. The van der Waals surface area contributed by atoms with Crippen LogP contribution in [0, 0.1) is 0 Å². The second-order valence-corrected chi connectivity index (χ2v) is 6.96. The van der Waals surface area contributed by atoms with Gasteiger partial charge >= 0.3 is 0 Å². The standard InChI is InChI=1S/C22H23NO4/c1-2-23-19-12-17(8-10-21(19)27-14-22(23)25)20(24)13-26-18-9-7-15-5-3-4-6-16(15)11-18/h7-12H,2-6,13-14H2,1H3. The molecule has 0 saturated carbocycles. The minimum Gasteiger partial charge on any atom is -0.485 e. The predicted octanol–water partition coefficient (Wildman–Crippen LogP) is 3.57. The molecule has 0 saturated heterocycles. The Morgan fingerprint density at radius 3 is 2.74 bits per heavy atom. The van der Waals surface area contributed by atoms with Gasteiger partial charge < -0.3 is 14.4 Å². The van der Waals surface area contributed by atoms with Crippen molar-refractivity contribution in [2.24, 2.45) is 0 Å². The zero-order valence-corrected chi connectivity index (χ0v) is 15.5. The average Bonchev–Trinajstić information content (AvgIpc) is 2.71. The molecule has 0 atom stereocenters. The largest absolute Gasteiger partial charge is 0.485 e. The number of ether oxygens (including phenoxy) is 2. The number of fused-ring (bicyclic) bond motifs is 2. The first kappa shape index (κ1) is 17.6. The molecule has 0 spiro atoms. The van der Waals surface area contributed by atoms with E-state index in [1.54, 1.807) is 23.1 Å². The molecule has 1 amide bonds. The fourth-order valence-electron chi connectivity index (χ4n) is 3.75. The van der Waals surface area contributed by atoms with E-state index in [2.05, 4.69) is 12.1 Å². The van der Waals surface area contributed by atoms with Crippen molar-refractivity contribution in [1.82, 2.24) is 0 Å². The molecule has 27 heavy (non-hydrogen) atoms. The van der Waals surface area contributed by atoms with E-state index in [-0.39, 0.29) is 24.9 Å². The smallest absolute Gasteiger partial charge is 0.265 e. The molecular weight excluding hydrogens is 342 g/mol. The molecule has 1 aliphatic heterocycles. The molecule has 0 radical (unpaired) electrons. The van der Waals surface area contributed by atoms with Crippen LogP contribution in [0.5, 0.6) is 11.5 Å². The quantitative estimate of drug-likeness (QED) is 0.760. The Hall–Kier alpha value is -2.82. The second kappa shape index (κ2) is 7.43. The lowest BCUT2D eigenvalue weighted by atomic mass is 9.92. The number of amides is 1. The van der Waals surface area contributed by atoms with Gasteiger partial charge in [-0.1, -0.05) is 6.07 Å². The number of anilines is 1. The minimum absolute atomic E-state index is 0.0293. The van der Waals surface area contributed by atoms with Crippen LogP contribution in [0.3, 0.4) is 0 Å². The van der Waals surface area contributed by atoms with Gasteiger partial charge in [0.15, 0.2) is 19.0 Å². The van der Waals surface area contributed by atoms with Crippen molar-refractivity contribution in [2.75, 3.05) is 24.7 Å². The molecule has 1 heterocycles. The molecule has 2 aromatic carbocycles. The SMILES string of the molecule is CCN1C(=O)COc2ccc(C(=O)COc3ccc4c(c3)CCCC4)cc21. The van der Waals surface area contributed by atoms with Crippen LogP contribution < -0.4 is 14.4 Å². The Bertz CT molecular complexity index is 890. The molecule has 0 N–H and O–H groups in total. The number of likely N-dealkylation sites (N-methyl/N-ethyl adjacent to an activating group) is 1. The Morgan fingerprint density at radius 1 is 1.11 bits per heavy atom. The number of hydrogen-bond acceptors (Lipinski definition) is 4. The van der Waals surface area contributed by atoms with Crippen LogP contribution >= 0.6 is 0 Å². The van der Waals surface area contributed by atoms with Crippen molar-refractivity contribution in [3.05, 3.63) is 53.1 Å². The van der Waals surface area contributed by atoms with E-state index >= 15 is 0 Å². The first-order valence-corrected chi connectivity index (χ1v) is 9.50. The summed E-state index contributed by atoms with van der Waals surface area (Å²) in [5, 5.41) is 0. The van der Waals surface area contributed by atoms with Gasteiger partial charge in [-0.2, -0.15) is 0 Å². The van der Waals surface area contributed by atoms with Gasteiger partial charge in [-0.15, -0.1) is 0 Å². The maximum atomic E-state index is 12.6. The molecule has 140 valence electrons. The summed E-state index contributed by atoms with van der Waals surface area (Å²) in [5.74, 6) is 1.14. The highest BCUT2D eigenvalue weighted by Crippen LogP contribution is 2.33. The molecular formula is C22H23NO4. The maximum absolute atomic E-state index is 12.6. The molecule has 2 aliphatic rings. The van der Waals surface area contributed by atoms with Crippen LogP contribution in [0.4, 0.5) is 5.69 Å². The lowest BCUT2D eigenvalue weighted by Gasteiger charge is -2.28. The van der Waals surface area contributed by atoms with Crippen LogP contribution in [0.2, 0.25) is 0 Å². The van der Waals surface area contributed by atoms with Crippen LogP contribution in [0.1, 0.15) is 41.3 Å². The van der Waals surface area contributed by atoms with E-state index in [1.165, 1.54) is 24.0 Å². The highest BCUT2D eigenvalue weighted by Gasteiger charge is 2.25. The van der Waals surface area contributed by atoms with Crippen molar-refractivity contribution in [3.8, 4) is 11.5 Å². The highest BCUT2D eigenvalue weighted by molar-refractivity contribution is 6.02. The first-order chi connectivity index (χ1) is 13.2. The summed E-state index contributed by atoms with van der Waals surface area (Å²) in [5.41, 5.74) is 3.88. The van der Waals surface area contributed by atoms with E-state index in [9.17, 15) is 9.59 Å². The van der Waals surface area contributed by atoms with Crippen LogP contribution in [0.25, 0.3) is 0 Å². The van der Waals surface area contributed by atoms with Gasteiger partial charge in [0.1, 0.15) is 11.5 Å². The lowest BCUT2D eigenvalue weighted by molar-refractivity contribution is -0.121. The summed E-state index contributed by atoms with van der Waals surface area (Å²) >= 11 is 0. The minimum atomic E-state index is -0.121. The van der Waals surface area contributed by atoms with Crippen LogP contribution in [0.15, 0.2) is 36.4 Å². The Labute approximate surface area is 158 Å². The summed E-state index contributed by atoms with van der Waals surface area (Å²) < 4.78 is 11.2. The third-order valence-electron chi connectivity index (χ3n) is 5.23. The van der Waals surface area contributed by atoms with Crippen LogP contribution in [-0.4, -0.2) is 31.4 Å². The highest BCUT2D eigenvalue weighted by atomic mass is 16.5. The topological polar surface area (TPSA) is 55.8 Å². The third-order valence-corrected chi connectivity index (χ3v) is 5.23. The number of rotatable bonds is 5. The van der Waals surface area contributed by atoms with Gasteiger partial charge in [-0.05, 0) is 74.1 Å². The first-order valence-electron chi connectivity index (χ1n) is 9.50. The Balaban J connectivity index is 1.47. The number of aryl methyl sites for hydroxylation is 2. The third kappa shape index (κ3) is 3.54. The number of carbonyl (C=O) groups is 2. The molecule has 0 unspecified atom stereocenters. The summed E-state index contributed by atoms with van der Waals surface area (Å²) in [4.78, 5) is 26.2. The van der Waals surface area contributed by atoms with E-state index in [4.69, 9.17) is 9.47 Å². The summed E-state index contributed by atoms with van der Waals surface area (Å²) in [6.07, 6.45) is 4.65. The Morgan fingerprint density at radius 2 is 1.93 bits per heavy atom. The molecule has 5 heteroatoms. The van der Waals surface area contributed by atoms with Gasteiger partial charge in [0, 0.05) is 12.1 Å². The van der Waals surface area contributed by atoms with E-state index in [1.807, 2.05) is 13.0 Å². The number of carbonyl (C=O) groups excluding carboxylic acids is 2. The average molecular weight is 365 g/mol. The van der Waals surface area contributed by atoms with Gasteiger partial charge in [0.25, 0.3) is 5.91 Å². The molecule has 0 bridgehead atoms. The predicted molar refractivity (Wildman–Crippen MR) is 103 cm³/mol.